The zero-order valence-corrected chi connectivity index (χ0v) is 13.3. The Bertz CT molecular complexity index is 830. The molecule has 0 saturated heterocycles. The second kappa shape index (κ2) is 5.11. The maximum absolute atomic E-state index is 4.28. The van der Waals surface area contributed by atoms with Crippen molar-refractivity contribution >= 4 is 34.1 Å². The highest BCUT2D eigenvalue weighted by atomic mass is 127. The molecule has 0 radical (unpaired) electrons. The van der Waals surface area contributed by atoms with Gasteiger partial charge in [0.15, 0.2) is 0 Å². The van der Waals surface area contributed by atoms with Crippen molar-refractivity contribution in [3.05, 3.63) is 69.7 Å². The Morgan fingerprint density at radius 2 is 1.86 bits per heavy atom. The molecule has 1 aliphatic carbocycles. The summed E-state index contributed by atoms with van der Waals surface area (Å²) in [6.07, 6.45) is 4.37. The van der Waals surface area contributed by atoms with Crippen molar-refractivity contribution in [2.75, 3.05) is 5.32 Å². The number of hydrogen-bond donors (Lipinski definition) is 1. The fourth-order valence-corrected chi connectivity index (χ4v) is 3.20. The number of nitrogens with one attached hydrogen (secondary N) is 1. The number of benzene rings is 2. The highest BCUT2D eigenvalue weighted by molar-refractivity contribution is 14.1. The molecule has 1 aromatic heterocycles. The van der Waals surface area contributed by atoms with E-state index < -0.39 is 0 Å². The SMILES string of the molecule is Ic1cncnc1Nc1ccc2c(c1)Cc1ccccc1-2. The highest BCUT2D eigenvalue weighted by Gasteiger charge is 2.17. The Labute approximate surface area is 136 Å². The fraction of sp³-hybridized carbons (Fsp3) is 0.0588. The van der Waals surface area contributed by atoms with Crippen LogP contribution in [0, 0.1) is 3.57 Å². The van der Waals surface area contributed by atoms with E-state index in [1.165, 1.54) is 22.3 Å². The van der Waals surface area contributed by atoms with Crippen molar-refractivity contribution < 1.29 is 0 Å². The van der Waals surface area contributed by atoms with Crippen LogP contribution in [0.25, 0.3) is 11.1 Å². The van der Waals surface area contributed by atoms with Crippen molar-refractivity contribution in [2.24, 2.45) is 0 Å². The molecule has 21 heavy (non-hydrogen) atoms. The van der Waals surface area contributed by atoms with Gasteiger partial charge < -0.3 is 5.32 Å². The number of hydrogen-bond acceptors (Lipinski definition) is 3. The van der Waals surface area contributed by atoms with Crippen LogP contribution in [-0.2, 0) is 6.42 Å². The molecule has 102 valence electrons. The molecule has 1 N–H and O–H groups in total. The molecule has 0 aliphatic heterocycles. The van der Waals surface area contributed by atoms with Crippen LogP contribution < -0.4 is 5.32 Å². The minimum absolute atomic E-state index is 0.848. The maximum atomic E-state index is 4.28. The smallest absolute Gasteiger partial charge is 0.147 e. The monoisotopic (exact) mass is 385 g/mol. The van der Waals surface area contributed by atoms with Crippen LogP contribution in [0.15, 0.2) is 55.0 Å². The van der Waals surface area contributed by atoms with Crippen molar-refractivity contribution in [3.63, 3.8) is 0 Å². The average molecular weight is 385 g/mol. The molecule has 0 unspecified atom stereocenters. The zero-order valence-electron chi connectivity index (χ0n) is 11.2. The molecule has 1 heterocycles. The van der Waals surface area contributed by atoms with E-state index in [1.807, 2.05) is 0 Å². The molecule has 4 rings (SSSR count). The van der Waals surface area contributed by atoms with E-state index in [-0.39, 0.29) is 0 Å². The molecule has 0 spiro atoms. The zero-order chi connectivity index (χ0) is 14.2. The normalized spacial score (nSPS) is 11.9. The van der Waals surface area contributed by atoms with E-state index in [2.05, 4.69) is 80.3 Å². The van der Waals surface area contributed by atoms with Crippen molar-refractivity contribution in [1.29, 1.82) is 0 Å². The number of rotatable bonds is 2. The lowest BCUT2D eigenvalue weighted by molar-refractivity contribution is 1.15. The quantitative estimate of drug-likeness (QED) is 0.520. The predicted octanol–water partition coefficient (Wildman–Crippen LogP) is 4.40. The molecule has 0 fully saturated rings. The third kappa shape index (κ3) is 2.29. The Morgan fingerprint density at radius 3 is 2.76 bits per heavy atom. The number of anilines is 2. The van der Waals surface area contributed by atoms with Gasteiger partial charge in [0.25, 0.3) is 0 Å². The van der Waals surface area contributed by atoms with E-state index in [9.17, 15) is 0 Å². The number of aromatic nitrogens is 2. The Morgan fingerprint density at radius 1 is 1.00 bits per heavy atom. The highest BCUT2D eigenvalue weighted by Crippen LogP contribution is 2.38. The van der Waals surface area contributed by atoms with Crippen LogP contribution in [0.5, 0.6) is 0 Å². The van der Waals surface area contributed by atoms with Crippen molar-refractivity contribution in [3.8, 4) is 11.1 Å². The van der Waals surface area contributed by atoms with Gasteiger partial charge in [0, 0.05) is 11.9 Å². The summed E-state index contributed by atoms with van der Waals surface area (Å²) in [5.74, 6) is 0.848. The third-order valence-electron chi connectivity index (χ3n) is 3.72. The molecule has 3 nitrogen and oxygen atoms in total. The third-order valence-corrected chi connectivity index (χ3v) is 4.51. The van der Waals surface area contributed by atoms with Gasteiger partial charge in [-0.1, -0.05) is 30.3 Å². The molecule has 0 bridgehead atoms. The van der Waals surface area contributed by atoms with Gasteiger partial charge in [0.2, 0.25) is 0 Å². The summed E-state index contributed by atoms with van der Waals surface area (Å²) in [7, 11) is 0. The topological polar surface area (TPSA) is 37.8 Å². The summed E-state index contributed by atoms with van der Waals surface area (Å²) in [6.45, 7) is 0. The van der Waals surface area contributed by atoms with Gasteiger partial charge in [-0.05, 0) is 63.4 Å². The second-order valence-electron chi connectivity index (χ2n) is 5.05. The van der Waals surface area contributed by atoms with E-state index in [0.29, 0.717) is 0 Å². The maximum Gasteiger partial charge on any atom is 0.147 e. The largest absolute Gasteiger partial charge is 0.339 e. The number of fused-ring (bicyclic) bond motifs is 3. The summed E-state index contributed by atoms with van der Waals surface area (Å²) in [5.41, 5.74) is 6.54. The lowest BCUT2D eigenvalue weighted by Crippen LogP contribution is -1.97. The van der Waals surface area contributed by atoms with E-state index in [4.69, 9.17) is 0 Å². The molecule has 2 aromatic carbocycles. The molecule has 4 heteroatoms. The molecule has 0 saturated carbocycles. The summed E-state index contributed by atoms with van der Waals surface area (Å²) in [6, 6.07) is 15.1. The summed E-state index contributed by atoms with van der Waals surface area (Å²) in [5, 5.41) is 3.37. The second-order valence-corrected chi connectivity index (χ2v) is 6.21. The van der Waals surface area contributed by atoms with E-state index in [1.54, 1.807) is 12.5 Å². The van der Waals surface area contributed by atoms with Gasteiger partial charge in [0.1, 0.15) is 12.1 Å². The Hall–Kier alpha value is -1.95. The number of halogens is 1. The molecule has 0 atom stereocenters. The van der Waals surface area contributed by atoms with Crippen LogP contribution in [0.4, 0.5) is 11.5 Å². The molecular weight excluding hydrogens is 373 g/mol. The van der Waals surface area contributed by atoms with Gasteiger partial charge in [-0.25, -0.2) is 9.97 Å². The minimum Gasteiger partial charge on any atom is -0.339 e. The van der Waals surface area contributed by atoms with Gasteiger partial charge in [0.05, 0.1) is 3.57 Å². The minimum atomic E-state index is 0.848. The Kier molecular flexibility index (Phi) is 3.11. The van der Waals surface area contributed by atoms with Crippen LogP contribution in [0.2, 0.25) is 0 Å². The Balaban J connectivity index is 1.69. The fourth-order valence-electron chi connectivity index (χ4n) is 2.76. The van der Waals surface area contributed by atoms with Crippen LogP contribution in [-0.4, -0.2) is 9.97 Å². The molecular formula is C17H12IN3. The predicted molar refractivity (Wildman–Crippen MR) is 92.7 cm³/mol. The van der Waals surface area contributed by atoms with Gasteiger partial charge >= 0.3 is 0 Å². The first kappa shape index (κ1) is 12.8. The van der Waals surface area contributed by atoms with E-state index >= 15 is 0 Å². The first-order valence-corrected chi connectivity index (χ1v) is 7.83. The van der Waals surface area contributed by atoms with Crippen molar-refractivity contribution in [2.45, 2.75) is 6.42 Å². The standard InChI is InChI=1S/C17H12IN3/c18-16-9-19-10-20-17(16)21-13-5-6-15-12(8-13)7-11-3-1-2-4-14(11)15/h1-6,8-10H,7H2,(H,19,20,21). The van der Waals surface area contributed by atoms with Gasteiger partial charge in [-0.2, -0.15) is 0 Å². The number of nitrogens with zero attached hydrogens (tertiary/aromatic N) is 2. The molecule has 3 aromatic rings. The lowest BCUT2D eigenvalue weighted by atomic mass is 10.1. The average Bonchev–Trinajstić information content (AvgIpc) is 2.87. The summed E-state index contributed by atoms with van der Waals surface area (Å²) in [4.78, 5) is 8.29. The molecule has 0 amide bonds. The van der Waals surface area contributed by atoms with Crippen LogP contribution in [0.3, 0.4) is 0 Å². The van der Waals surface area contributed by atoms with Crippen LogP contribution >= 0.6 is 22.6 Å². The van der Waals surface area contributed by atoms with Crippen molar-refractivity contribution in [1.82, 2.24) is 9.97 Å². The molecule has 1 aliphatic rings. The van der Waals surface area contributed by atoms with Gasteiger partial charge in [-0.15, -0.1) is 0 Å². The van der Waals surface area contributed by atoms with Gasteiger partial charge in [-0.3, -0.25) is 0 Å². The first-order chi connectivity index (χ1) is 10.3. The first-order valence-electron chi connectivity index (χ1n) is 6.75. The van der Waals surface area contributed by atoms with E-state index in [0.717, 1.165) is 21.5 Å². The van der Waals surface area contributed by atoms with Crippen LogP contribution in [0.1, 0.15) is 11.1 Å². The summed E-state index contributed by atoms with van der Waals surface area (Å²) >= 11 is 2.24. The summed E-state index contributed by atoms with van der Waals surface area (Å²) < 4.78 is 1.01. The lowest BCUT2D eigenvalue weighted by Gasteiger charge is -2.09.